The molecule has 0 saturated heterocycles. The van der Waals surface area contributed by atoms with Gasteiger partial charge >= 0.3 is 0 Å². The Morgan fingerprint density at radius 3 is 2.68 bits per heavy atom. The molecule has 2 aromatic rings. The van der Waals surface area contributed by atoms with Crippen molar-refractivity contribution in [3.8, 4) is 0 Å². The molecule has 0 saturated carbocycles. The lowest BCUT2D eigenvalue weighted by Gasteiger charge is -2.23. The summed E-state index contributed by atoms with van der Waals surface area (Å²) in [6.45, 7) is 2.96. The van der Waals surface area contributed by atoms with Gasteiger partial charge in [0.2, 0.25) is 10.0 Å². The lowest BCUT2D eigenvalue weighted by atomic mass is 10.1. The Morgan fingerprint density at radius 1 is 1.26 bits per heavy atom. The van der Waals surface area contributed by atoms with Gasteiger partial charge in [-0.2, -0.15) is 0 Å². The van der Waals surface area contributed by atoms with Gasteiger partial charge in [0.15, 0.2) is 0 Å². The molecule has 1 aromatic carbocycles. The molecule has 0 bridgehead atoms. The van der Waals surface area contributed by atoms with E-state index in [1.54, 1.807) is 44.3 Å². The Bertz CT molecular complexity index is 691. The Labute approximate surface area is 112 Å². The zero-order valence-corrected chi connectivity index (χ0v) is 11.6. The number of benzene rings is 1. The van der Waals surface area contributed by atoms with E-state index < -0.39 is 15.6 Å². The third-order valence-electron chi connectivity index (χ3n) is 2.70. The molecule has 0 atom stereocenters. The minimum absolute atomic E-state index is 0.166. The minimum atomic E-state index is -3.71. The fraction of sp³-hybridized carbons (Fsp3) is 0.308. The largest absolute Gasteiger partial charge is 0.394 e. The smallest absolute Gasteiger partial charge is 0.241 e. The van der Waals surface area contributed by atoms with Crippen LogP contribution >= 0.6 is 0 Å². The lowest BCUT2D eigenvalue weighted by molar-refractivity contribution is 0.208. The molecule has 0 radical (unpaired) electrons. The quantitative estimate of drug-likeness (QED) is 0.884. The maximum atomic E-state index is 12.4. The van der Waals surface area contributed by atoms with E-state index in [-0.39, 0.29) is 11.5 Å². The van der Waals surface area contributed by atoms with Crippen molar-refractivity contribution >= 4 is 20.9 Å². The molecule has 0 amide bonds. The van der Waals surface area contributed by atoms with Crippen molar-refractivity contribution in [1.82, 2.24) is 9.71 Å². The maximum Gasteiger partial charge on any atom is 0.241 e. The van der Waals surface area contributed by atoms with Gasteiger partial charge in [0.25, 0.3) is 0 Å². The summed E-state index contributed by atoms with van der Waals surface area (Å²) in [5, 5.41) is 9.74. The van der Waals surface area contributed by atoms with Gasteiger partial charge in [-0.15, -0.1) is 0 Å². The number of hydrogen-bond donors (Lipinski definition) is 2. The predicted molar refractivity (Wildman–Crippen MR) is 73.2 cm³/mol. The van der Waals surface area contributed by atoms with E-state index in [1.165, 1.54) is 6.07 Å². The van der Waals surface area contributed by atoms with Crippen molar-refractivity contribution in [1.29, 1.82) is 0 Å². The number of nitrogens with one attached hydrogen (secondary N) is 1. The van der Waals surface area contributed by atoms with Crippen molar-refractivity contribution in [2.24, 2.45) is 0 Å². The summed E-state index contributed by atoms with van der Waals surface area (Å²) in [6.07, 6.45) is 1.61. The molecule has 2 N–H and O–H groups in total. The second-order valence-corrected chi connectivity index (χ2v) is 6.62. The van der Waals surface area contributed by atoms with Crippen LogP contribution in [0, 0.1) is 0 Å². The summed E-state index contributed by atoms with van der Waals surface area (Å²) in [7, 11) is -3.71. The van der Waals surface area contributed by atoms with Crippen LogP contribution in [0.25, 0.3) is 10.9 Å². The molecule has 2 rings (SSSR count). The molecule has 0 fully saturated rings. The molecule has 6 heteroatoms. The van der Waals surface area contributed by atoms with E-state index >= 15 is 0 Å². The topological polar surface area (TPSA) is 79.3 Å². The molecule has 19 heavy (non-hydrogen) atoms. The minimum Gasteiger partial charge on any atom is -0.394 e. The van der Waals surface area contributed by atoms with Crippen LogP contribution < -0.4 is 4.72 Å². The first-order chi connectivity index (χ1) is 8.86. The van der Waals surface area contributed by atoms with Gasteiger partial charge in [0, 0.05) is 11.6 Å². The number of hydrogen-bond acceptors (Lipinski definition) is 4. The highest BCUT2D eigenvalue weighted by Crippen LogP contribution is 2.22. The van der Waals surface area contributed by atoms with Crippen molar-refractivity contribution in [3.05, 3.63) is 36.5 Å². The van der Waals surface area contributed by atoms with Crippen LogP contribution in [-0.2, 0) is 10.0 Å². The average Bonchev–Trinajstić information content (AvgIpc) is 2.37. The SMILES string of the molecule is CC(C)(CO)NS(=O)(=O)c1cccc2ncccc12. The Kier molecular flexibility index (Phi) is 3.58. The second-order valence-electron chi connectivity index (χ2n) is 4.97. The number of aromatic nitrogens is 1. The number of fused-ring (bicyclic) bond motifs is 1. The van der Waals surface area contributed by atoms with E-state index in [0.717, 1.165) is 0 Å². The number of aliphatic hydroxyl groups excluding tert-OH is 1. The number of pyridine rings is 1. The Hall–Kier alpha value is -1.50. The fourth-order valence-electron chi connectivity index (χ4n) is 1.76. The molecule has 1 heterocycles. The summed E-state index contributed by atoms with van der Waals surface area (Å²) in [5.41, 5.74) is -0.296. The zero-order valence-electron chi connectivity index (χ0n) is 10.8. The molecule has 0 aliphatic carbocycles. The van der Waals surface area contributed by atoms with Gasteiger partial charge in [-0.1, -0.05) is 6.07 Å². The van der Waals surface area contributed by atoms with Crippen LogP contribution in [0.3, 0.4) is 0 Å². The Morgan fingerprint density at radius 2 is 2.00 bits per heavy atom. The molecule has 0 spiro atoms. The third-order valence-corrected chi connectivity index (χ3v) is 4.46. The van der Waals surface area contributed by atoms with Gasteiger partial charge < -0.3 is 5.11 Å². The van der Waals surface area contributed by atoms with Crippen molar-refractivity contribution in [2.75, 3.05) is 6.61 Å². The summed E-state index contributed by atoms with van der Waals surface area (Å²) in [4.78, 5) is 4.30. The van der Waals surface area contributed by atoms with E-state index in [4.69, 9.17) is 0 Å². The first-order valence-electron chi connectivity index (χ1n) is 5.84. The van der Waals surface area contributed by atoms with Crippen LogP contribution in [0.15, 0.2) is 41.4 Å². The third kappa shape index (κ3) is 2.91. The number of aliphatic hydroxyl groups is 1. The zero-order chi connectivity index (χ0) is 14.1. The second kappa shape index (κ2) is 4.88. The van der Waals surface area contributed by atoms with Crippen molar-refractivity contribution in [3.63, 3.8) is 0 Å². The molecule has 1 aromatic heterocycles. The fourth-order valence-corrected chi connectivity index (χ4v) is 3.38. The van der Waals surface area contributed by atoms with Gasteiger partial charge in [0.05, 0.1) is 22.6 Å². The van der Waals surface area contributed by atoms with Crippen molar-refractivity contribution < 1.29 is 13.5 Å². The first-order valence-corrected chi connectivity index (χ1v) is 7.33. The molecule has 5 nitrogen and oxygen atoms in total. The van der Waals surface area contributed by atoms with Gasteiger partial charge in [0.1, 0.15) is 0 Å². The summed E-state index contributed by atoms with van der Waals surface area (Å²) in [5.74, 6) is 0. The monoisotopic (exact) mass is 280 g/mol. The number of sulfonamides is 1. The van der Waals surface area contributed by atoms with E-state index in [1.807, 2.05) is 0 Å². The van der Waals surface area contributed by atoms with Crippen LogP contribution in [0.2, 0.25) is 0 Å². The van der Waals surface area contributed by atoms with E-state index in [0.29, 0.717) is 10.9 Å². The lowest BCUT2D eigenvalue weighted by Crippen LogP contribution is -2.46. The highest BCUT2D eigenvalue weighted by molar-refractivity contribution is 7.89. The highest BCUT2D eigenvalue weighted by atomic mass is 32.2. The normalized spacial score (nSPS) is 12.8. The van der Waals surface area contributed by atoms with Crippen LogP contribution in [-0.4, -0.2) is 30.7 Å². The van der Waals surface area contributed by atoms with E-state index in [2.05, 4.69) is 9.71 Å². The van der Waals surface area contributed by atoms with Crippen LogP contribution in [0.5, 0.6) is 0 Å². The summed E-state index contributed by atoms with van der Waals surface area (Å²) < 4.78 is 27.2. The van der Waals surface area contributed by atoms with E-state index in [9.17, 15) is 13.5 Å². The molecule has 102 valence electrons. The summed E-state index contributed by atoms with van der Waals surface area (Å²) >= 11 is 0. The van der Waals surface area contributed by atoms with Gasteiger partial charge in [-0.25, -0.2) is 13.1 Å². The maximum absolute atomic E-state index is 12.4. The molecule has 0 aliphatic heterocycles. The van der Waals surface area contributed by atoms with Crippen molar-refractivity contribution in [2.45, 2.75) is 24.3 Å². The van der Waals surface area contributed by atoms with Gasteiger partial charge in [-0.05, 0) is 38.1 Å². The van der Waals surface area contributed by atoms with Crippen LogP contribution in [0.4, 0.5) is 0 Å². The van der Waals surface area contributed by atoms with Gasteiger partial charge in [-0.3, -0.25) is 4.98 Å². The average molecular weight is 280 g/mol. The molecular formula is C13H16N2O3S. The summed E-state index contributed by atoms with van der Waals surface area (Å²) in [6, 6.07) is 8.34. The standard InChI is InChI=1S/C13H16N2O3S/c1-13(2,9-16)15-19(17,18)12-7-3-6-11-10(12)5-4-8-14-11/h3-8,15-16H,9H2,1-2H3. The van der Waals surface area contributed by atoms with Crippen LogP contribution in [0.1, 0.15) is 13.8 Å². The Balaban J connectivity index is 2.55. The number of nitrogens with zero attached hydrogens (tertiary/aromatic N) is 1. The molecule has 0 aliphatic rings. The predicted octanol–water partition coefficient (Wildman–Crippen LogP) is 1.28. The molecular weight excluding hydrogens is 264 g/mol. The first kappa shape index (κ1) is 13.9. The highest BCUT2D eigenvalue weighted by Gasteiger charge is 2.26. The number of rotatable bonds is 4. The molecule has 0 unspecified atom stereocenters.